The van der Waals surface area contributed by atoms with E-state index in [4.69, 9.17) is 0 Å². The molecule has 1 N–H and O–H groups in total. The molecule has 0 bridgehead atoms. The molecule has 0 atom stereocenters. The van der Waals surface area contributed by atoms with Crippen LogP contribution in [0.4, 0.5) is 5.13 Å². The summed E-state index contributed by atoms with van der Waals surface area (Å²) in [5.74, 6) is -0.115. The SMILES string of the molecule is CCCCCCCCCC(=O)N(CC(=O)Nc1nc(C)c(C)s1)C(C)C. The Bertz CT molecular complexity index is 550. The summed E-state index contributed by atoms with van der Waals surface area (Å²) in [6.45, 7) is 10.1. The third-order valence-electron chi connectivity index (χ3n) is 4.53. The van der Waals surface area contributed by atoms with Crippen molar-refractivity contribution in [2.45, 2.75) is 92.0 Å². The maximum atomic E-state index is 12.5. The molecule has 2 amide bonds. The first-order chi connectivity index (χ1) is 12.3. The Labute approximate surface area is 162 Å². The van der Waals surface area contributed by atoms with Crippen LogP contribution in [0.2, 0.25) is 0 Å². The maximum absolute atomic E-state index is 12.5. The van der Waals surface area contributed by atoms with Crippen molar-refractivity contribution in [2.75, 3.05) is 11.9 Å². The number of carbonyl (C=O) groups excluding carboxylic acids is 2. The second-order valence-electron chi connectivity index (χ2n) is 7.20. The maximum Gasteiger partial charge on any atom is 0.245 e. The first-order valence-electron chi connectivity index (χ1n) is 9.88. The molecule has 0 aromatic carbocycles. The van der Waals surface area contributed by atoms with Crippen LogP contribution >= 0.6 is 11.3 Å². The third-order valence-corrected chi connectivity index (χ3v) is 5.52. The Balaban J connectivity index is 2.39. The van der Waals surface area contributed by atoms with E-state index in [-0.39, 0.29) is 24.4 Å². The van der Waals surface area contributed by atoms with Crippen LogP contribution in [-0.4, -0.2) is 34.3 Å². The number of carbonyl (C=O) groups is 2. The number of unbranched alkanes of at least 4 members (excludes halogenated alkanes) is 6. The van der Waals surface area contributed by atoms with Crippen molar-refractivity contribution < 1.29 is 9.59 Å². The molecule has 0 unspecified atom stereocenters. The van der Waals surface area contributed by atoms with Crippen molar-refractivity contribution in [3.05, 3.63) is 10.6 Å². The Hall–Kier alpha value is -1.43. The van der Waals surface area contributed by atoms with E-state index in [1.165, 1.54) is 43.4 Å². The Morgan fingerprint density at radius 2 is 1.69 bits per heavy atom. The van der Waals surface area contributed by atoms with Gasteiger partial charge < -0.3 is 10.2 Å². The van der Waals surface area contributed by atoms with Crippen molar-refractivity contribution >= 4 is 28.3 Å². The smallest absolute Gasteiger partial charge is 0.245 e. The van der Waals surface area contributed by atoms with E-state index < -0.39 is 0 Å². The van der Waals surface area contributed by atoms with Crippen molar-refractivity contribution in [2.24, 2.45) is 0 Å². The molecule has 0 saturated heterocycles. The largest absolute Gasteiger partial charge is 0.331 e. The van der Waals surface area contributed by atoms with E-state index in [2.05, 4.69) is 17.2 Å². The van der Waals surface area contributed by atoms with Crippen LogP contribution in [0.25, 0.3) is 0 Å². The van der Waals surface area contributed by atoms with Crippen LogP contribution < -0.4 is 5.32 Å². The summed E-state index contributed by atoms with van der Waals surface area (Å²) >= 11 is 1.46. The molecule has 0 aliphatic carbocycles. The molecule has 148 valence electrons. The van der Waals surface area contributed by atoms with Crippen LogP contribution in [0.5, 0.6) is 0 Å². The Morgan fingerprint density at radius 3 is 2.23 bits per heavy atom. The lowest BCUT2D eigenvalue weighted by molar-refractivity contribution is -0.136. The molecular formula is C20H35N3O2S. The molecule has 1 aromatic rings. The van der Waals surface area contributed by atoms with Crippen molar-refractivity contribution in [3.63, 3.8) is 0 Å². The summed E-state index contributed by atoms with van der Waals surface area (Å²) in [5, 5.41) is 3.42. The molecule has 5 nitrogen and oxygen atoms in total. The minimum Gasteiger partial charge on any atom is -0.331 e. The number of aryl methyl sites for hydroxylation is 2. The molecule has 26 heavy (non-hydrogen) atoms. The number of aromatic nitrogens is 1. The highest BCUT2D eigenvalue weighted by Crippen LogP contribution is 2.21. The van der Waals surface area contributed by atoms with Gasteiger partial charge in [0, 0.05) is 17.3 Å². The Kier molecular flexibility index (Phi) is 10.5. The number of nitrogens with one attached hydrogen (secondary N) is 1. The molecule has 1 aromatic heterocycles. The molecule has 0 saturated carbocycles. The van der Waals surface area contributed by atoms with Crippen molar-refractivity contribution in [3.8, 4) is 0 Å². The fraction of sp³-hybridized carbons (Fsp3) is 0.750. The van der Waals surface area contributed by atoms with Crippen molar-refractivity contribution in [1.82, 2.24) is 9.88 Å². The first-order valence-corrected chi connectivity index (χ1v) is 10.7. The van der Waals surface area contributed by atoms with Gasteiger partial charge in [0.05, 0.1) is 5.69 Å². The number of nitrogens with zero attached hydrogens (tertiary/aromatic N) is 2. The highest BCUT2D eigenvalue weighted by molar-refractivity contribution is 7.15. The number of hydrogen-bond acceptors (Lipinski definition) is 4. The van der Waals surface area contributed by atoms with E-state index in [1.807, 2.05) is 27.7 Å². The van der Waals surface area contributed by atoms with Crippen LogP contribution in [0.15, 0.2) is 0 Å². The lowest BCUT2D eigenvalue weighted by atomic mass is 10.1. The lowest BCUT2D eigenvalue weighted by Crippen LogP contribution is -2.42. The number of rotatable bonds is 12. The monoisotopic (exact) mass is 381 g/mol. The van der Waals surface area contributed by atoms with Crippen LogP contribution in [0.3, 0.4) is 0 Å². The van der Waals surface area contributed by atoms with E-state index in [0.717, 1.165) is 23.4 Å². The fourth-order valence-electron chi connectivity index (χ4n) is 2.78. The molecule has 0 fully saturated rings. The predicted molar refractivity (Wildman–Crippen MR) is 110 cm³/mol. The average Bonchev–Trinajstić information content (AvgIpc) is 2.88. The summed E-state index contributed by atoms with van der Waals surface area (Å²) in [6.07, 6.45) is 8.81. The minimum absolute atomic E-state index is 0.0116. The summed E-state index contributed by atoms with van der Waals surface area (Å²) in [4.78, 5) is 31.9. The zero-order valence-electron chi connectivity index (χ0n) is 17.1. The van der Waals surface area contributed by atoms with Gasteiger partial charge in [0.15, 0.2) is 5.13 Å². The van der Waals surface area contributed by atoms with Gasteiger partial charge in [-0.25, -0.2) is 4.98 Å². The molecule has 1 rings (SSSR count). The first kappa shape index (κ1) is 22.6. The van der Waals surface area contributed by atoms with E-state index in [1.54, 1.807) is 4.90 Å². The van der Waals surface area contributed by atoms with Gasteiger partial charge in [-0.1, -0.05) is 45.4 Å². The fourth-order valence-corrected chi connectivity index (χ4v) is 3.61. The van der Waals surface area contributed by atoms with Crippen LogP contribution in [0, 0.1) is 13.8 Å². The van der Waals surface area contributed by atoms with Gasteiger partial charge in [-0.15, -0.1) is 11.3 Å². The summed E-state index contributed by atoms with van der Waals surface area (Å²) in [7, 11) is 0. The van der Waals surface area contributed by atoms with Gasteiger partial charge in [-0.05, 0) is 34.1 Å². The number of amides is 2. The van der Waals surface area contributed by atoms with Crippen LogP contribution in [0.1, 0.15) is 82.7 Å². The van der Waals surface area contributed by atoms with E-state index in [9.17, 15) is 9.59 Å². The normalized spacial score (nSPS) is 11.0. The molecule has 0 aliphatic heterocycles. The molecule has 1 heterocycles. The molecule has 0 radical (unpaired) electrons. The van der Waals surface area contributed by atoms with E-state index in [0.29, 0.717) is 11.6 Å². The van der Waals surface area contributed by atoms with Gasteiger partial charge in [0.25, 0.3) is 0 Å². The summed E-state index contributed by atoms with van der Waals surface area (Å²) < 4.78 is 0. The topological polar surface area (TPSA) is 62.3 Å². The zero-order valence-corrected chi connectivity index (χ0v) is 17.9. The minimum atomic E-state index is -0.180. The zero-order chi connectivity index (χ0) is 19.5. The summed E-state index contributed by atoms with van der Waals surface area (Å²) in [6, 6.07) is 0.0116. The highest BCUT2D eigenvalue weighted by Gasteiger charge is 2.20. The van der Waals surface area contributed by atoms with E-state index >= 15 is 0 Å². The predicted octanol–water partition coefficient (Wildman–Crippen LogP) is 5.08. The highest BCUT2D eigenvalue weighted by atomic mass is 32.1. The second kappa shape index (κ2) is 12.0. The van der Waals surface area contributed by atoms with Gasteiger partial charge in [-0.2, -0.15) is 0 Å². The third kappa shape index (κ3) is 8.30. The number of hydrogen-bond donors (Lipinski definition) is 1. The van der Waals surface area contributed by atoms with Gasteiger partial charge in [0.1, 0.15) is 6.54 Å². The molecular weight excluding hydrogens is 346 g/mol. The molecule has 0 aliphatic rings. The average molecular weight is 382 g/mol. The van der Waals surface area contributed by atoms with Gasteiger partial charge >= 0.3 is 0 Å². The standard InChI is InChI=1S/C20H35N3O2S/c1-6-7-8-9-10-11-12-13-19(25)23(15(2)3)14-18(24)22-20-21-16(4)17(5)26-20/h15H,6-14H2,1-5H3,(H,21,22,24). The number of anilines is 1. The Morgan fingerprint density at radius 1 is 1.08 bits per heavy atom. The van der Waals surface area contributed by atoms with Crippen LogP contribution in [-0.2, 0) is 9.59 Å². The molecule has 6 heteroatoms. The number of thiazole rings is 1. The lowest BCUT2D eigenvalue weighted by Gasteiger charge is -2.26. The van der Waals surface area contributed by atoms with Gasteiger partial charge in [0.2, 0.25) is 11.8 Å². The molecule has 0 spiro atoms. The summed E-state index contributed by atoms with van der Waals surface area (Å²) in [5.41, 5.74) is 0.932. The van der Waals surface area contributed by atoms with Gasteiger partial charge in [-0.3, -0.25) is 9.59 Å². The quantitative estimate of drug-likeness (QED) is 0.514. The second-order valence-corrected chi connectivity index (χ2v) is 8.40. The van der Waals surface area contributed by atoms with Crippen molar-refractivity contribution in [1.29, 1.82) is 0 Å².